The summed E-state index contributed by atoms with van der Waals surface area (Å²) in [6.45, 7) is 0. The van der Waals surface area contributed by atoms with Gasteiger partial charge in [0, 0.05) is 29.4 Å². The minimum Gasteiger partial charge on any atom is -0.439 e. The molecule has 148 valence electrons. The number of aromatic nitrogens is 4. The lowest BCUT2D eigenvalue weighted by atomic mass is 10.2. The quantitative estimate of drug-likeness (QED) is 0.491. The van der Waals surface area contributed by atoms with Gasteiger partial charge in [0.15, 0.2) is 10.8 Å². The van der Waals surface area contributed by atoms with E-state index < -0.39 is 5.91 Å². The number of carbonyl (C=O) groups excluding carboxylic acids is 2. The highest BCUT2D eigenvalue weighted by Crippen LogP contribution is 2.23. The van der Waals surface area contributed by atoms with E-state index in [1.165, 1.54) is 23.6 Å². The summed E-state index contributed by atoms with van der Waals surface area (Å²) in [6, 6.07) is 11.4. The number of benzene rings is 1. The Labute approximate surface area is 174 Å². The first-order chi connectivity index (χ1) is 14.6. The molecular weight excluding hydrogens is 404 g/mol. The molecule has 9 nitrogen and oxygen atoms in total. The monoisotopic (exact) mass is 418 g/mol. The average Bonchev–Trinajstić information content (AvgIpc) is 3.26. The van der Waals surface area contributed by atoms with E-state index in [4.69, 9.17) is 10.5 Å². The van der Waals surface area contributed by atoms with E-state index in [9.17, 15) is 9.59 Å². The number of nitrogens with two attached hydrogens (primary N) is 1. The molecule has 4 rings (SSSR count). The van der Waals surface area contributed by atoms with E-state index in [0.29, 0.717) is 33.7 Å². The Balaban J connectivity index is 1.41. The first kappa shape index (κ1) is 19.2. The average molecular weight is 418 g/mol. The van der Waals surface area contributed by atoms with E-state index in [2.05, 4.69) is 25.3 Å². The van der Waals surface area contributed by atoms with Gasteiger partial charge in [-0.15, -0.1) is 11.3 Å². The Bertz CT molecular complexity index is 1190. The third-order valence-electron chi connectivity index (χ3n) is 3.83. The fraction of sp³-hybridized carbons (Fsp3) is 0. The largest absolute Gasteiger partial charge is 0.439 e. The molecule has 0 fully saturated rings. The Hall–Kier alpha value is -4.18. The molecular formula is C20H14N6O3S. The van der Waals surface area contributed by atoms with Crippen LogP contribution >= 0.6 is 11.3 Å². The second kappa shape index (κ2) is 8.45. The van der Waals surface area contributed by atoms with Crippen LogP contribution in [0.25, 0.3) is 10.8 Å². The maximum Gasteiger partial charge on any atom is 0.275 e. The van der Waals surface area contributed by atoms with Crippen LogP contribution in [0.2, 0.25) is 0 Å². The summed E-state index contributed by atoms with van der Waals surface area (Å²) >= 11 is 1.28. The van der Waals surface area contributed by atoms with Gasteiger partial charge in [0.25, 0.3) is 5.91 Å². The van der Waals surface area contributed by atoms with Crippen LogP contribution in [-0.4, -0.2) is 31.8 Å². The molecule has 0 unspecified atom stereocenters. The summed E-state index contributed by atoms with van der Waals surface area (Å²) in [7, 11) is 0. The van der Waals surface area contributed by atoms with Crippen LogP contribution in [0.1, 0.15) is 20.8 Å². The van der Waals surface area contributed by atoms with Crippen molar-refractivity contribution in [3.8, 4) is 22.5 Å². The van der Waals surface area contributed by atoms with E-state index in [-0.39, 0.29) is 11.6 Å². The SMILES string of the molecule is NC(=O)c1cccc(Oc2ccc(NC(=O)c3csc(-c4ncccn4)n3)cn2)c1. The molecule has 0 saturated carbocycles. The fourth-order valence-electron chi connectivity index (χ4n) is 2.43. The van der Waals surface area contributed by atoms with Crippen LogP contribution in [0.15, 0.2) is 66.4 Å². The third kappa shape index (κ3) is 4.45. The van der Waals surface area contributed by atoms with Gasteiger partial charge in [-0.3, -0.25) is 9.59 Å². The predicted molar refractivity (Wildman–Crippen MR) is 110 cm³/mol. The van der Waals surface area contributed by atoms with E-state index in [1.54, 1.807) is 54.2 Å². The van der Waals surface area contributed by atoms with Crippen molar-refractivity contribution in [1.29, 1.82) is 0 Å². The highest BCUT2D eigenvalue weighted by atomic mass is 32.1. The molecule has 10 heteroatoms. The van der Waals surface area contributed by atoms with Gasteiger partial charge in [0.05, 0.1) is 11.9 Å². The molecule has 3 aromatic heterocycles. The molecule has 4 aromatic rings. The molecule has 0 atom stereocenters. The molecule has 2 amide bonds. The van der Waals surface area contributed by atoms with Crippen molar-refractivity contribution in [3.63, 3.8) is 0 Å². The number of hydrogen-bond acceptors (Lipinski definition) is 8. The van der Waals surface area contributed by atoms with E-state index >= 15 is 0 Å². The van der Waals surface area contributed by atoms with Crippen molar-refractivity contribution in [2.24, 2.45) is 5.73 Å². The Morgan fingerprint density at radius 1 is 1.03 bits per heavy atom. The number of rotatable bonds is 6. The second-order valence-corrected chi connectivity index (χ2v) is 6.80. The molecule has 0 aliphatic heterocycles. The Morgan fingerprint density at radius 2 is 1.87 bits per heavy atom. The van der Waals surface area contributed by atoms with Crippen molar-refractivity contribution in [3.05, 3.63) is 77.7 Å². The number of amides is 2. The normalized spacial score (nSPS) is 10.4. The molecule has 3 heterocycles. The fourth-order valence-corrected chi connectivity index (χ4v) is 3.18. The molecule has 30 heavy (non-hydrogen) atoms. The summed E-state index contributed by atoms with van der Waals surface area (Å²) in [4.78, 5) is 40.3. The van der Waals surface area contributed by atoms with Crippen molar-refractivity contribution in [2.45, 2.75) is 0 Å². The van der Waals surface area contributed by atoms with Crippen LogP contribution in [0.5, 0.6) is 11.6 Å². The lowest BCUT2D eigenvalue weighted by Crippen LogP contribution is -2.12. The van der Waals surface area contributed by atoms with Crippen LogP contribution in [0.4, 0.5) is 5.69 Å². The number of carbonyl (C=O) groups is 2. The highest BCUT2D eigenvalue weighted by molar-refractivity contribution is 7.13. The minimum absolute atomic E-state index is 0.256. The standard InChI is InChI=1S/C20H14N6O3S/c21-17(27)12-3-1-4-14(9-12)29-16-6-5-13(10-24-16)25-19(28)15-11-30-20(26-15)18-22-7-2-8-23-18/h1-11H,(H2,21,27)(H,25,28). The van der Waals surface area contributed by atoms with Gasteiger partial charge in [-0.1, -0.05) is 6.07 Å². The summed E-state index contributed by atoms with van der Waals surface area (Å²) in [5.74, 6) is 0.263. The maximum atomic E-state index is 12.4. The highest BCUT2D eigenvalue weighted by Gasteiger charge is 2.14. The second-order valence-electron chi connectivity index (χ2n) is 5.94. The maximum absolute atomic E-state index is 12.4. The van der Waals surface area contributed by atoms with Gasteiger partial charge < -0.3 is 15.8 Å². The van der Waals surface area contributed by atoms with Gasteiger partial charge in [-0.05, 0) is 30.3 Å². The van der Waals surface area contributed by atoms with Crippen LogP contribution < -0.4 is 15.8 Å². The summed E-state index contributed by atoms with van der Waals surface area (Å²) in [5, 5.41) is 4.92. The first-order valence-corrected chi connectivity index (χ1v) is 9.54. The van der Waals surface area contributed by atoms with Gasteiger partial charge in [-0.25, -0.2) is 19.9 Å². The summed E-state index contributed by atoms with van der Waals surface area (Å²) in [6.07, 6.45) is 4.69. The van der Waals surface area contributed by atoms with Gasteiger partial charge in [-0.2, -0.15) is 0 Å². The molecule has 1 aromatic carbocycles. The lowest BCUT2D eigenvalue weighted by Gasteiger charge is -2.07. The van der Waals surface area contributed by atoms with Gasteiger partial charge in [0.1, 0.15) is 11.4 Å². The smallest absolute Gasteiger partial charge is 0.275 e. The Morgan fingerprint density at radius 3 is 2.60 bits per heavy atom. The molecule has 0 bridgehead atoms. The molecule has 0 radical (unpaired) electrons. The number of primary amides is 1. The zero-order valence-corrected chi connectivity index (χ0v) is 16.2. The zero-order chi connectivity index (χ0) is 20.9. The van der Waals surface area contributed by atoms with Crippen molar-refractivity contribution < 1.29 is 14.3 Å². The Kier molecular flexibility index (Phi) is 5.39. The van der Waals surface area contributed by atoms with Crippen molar-refractivity contribution in [1.82, 2.24) is 19.9 Å². The minimum atomic E-state index is -0.546. The number of nitrogens with zero attached hydrogens (tertiary/aromatic N) is 4. The molecule has 0 aliphatic rings. The van der Waals surface area contributed by atoms with Crippen LogP contribution in [0, 0.1) is 0 Å². The zero-order valence-electron chi connectivity index (χ0n) is 15.4. The predicted octanol–water partition coefficient (Wildman–Crippen LogP) is 3.14. The summed E-state index contributed by atoms with van der Waals surface area (Å²) in [5.41, 5.74) is 6.33. The van der Waals surface area contributed by atoms with Gasteiger partial charge in [0.2, 0.25) is 11.8 Å². The lowest BCUT2D eigenvalue weighted by molar-refractivity contribution is 0.0997. The number of ether oxygens (including phenoxy) is 1. The van der Waals surface area contributed by atoms with Crippen LogP contribution in [0.3, 0.4) is 0 Å². The van der Waals surface area contributed by atoms with E-state index in [0.717, 1.165) is 0 Å². The molecule has 0 aliphatic carbocycles. The summed E-state index contributed by atoms with van der Waals surface area (Å²) < 4.78 is 5.61. The molecule has 3 N–H and O–H groups in total. The molecule has 0 saturated heterocycles. The topological polar surface area (TPSA) is 133 Å². The first-order valence-electron chi connectivity index (χ1n) is 8.66. The van der Waals surface area contributed by atoms with Crippen LogP contribution in [-0.2, 0) is 0 Å². The van der Waals surface area contributed by atoms with Crippen molar-refractivity contribution in [2.75, 3.05) is 5.32 Å². The third-order valence-corrected chi connectivity index (χ3v) is 4.67. The van der Waals surface area contributed by atoms with Gasteiger partial charge >= 0.3 is 0 Å². The van der Waals surface area contributed by atoms with Crippen molar-refractivity contribution >= 4 is 28.8 Å². The van der Waals surface area contributed by atoms with E-state index in [1.807, 2.05) is 0 Å². The number of hydrogen-bond donors (Lipinski definition) is 2. The molecule has 0 spiro atoms. The number of anilines is 1. The number of thiazole rings is 1. The number of nitrogens with one attached hydrogen (secondary N) is 1. The number of pyridine rings is 1.